The fraction of sp³-hybridized carbons (Fsp3) is 0.469. The molecule has 0 radical (unpaired) electrons. The number of rotatable bonds is 5. The average Bonchev–Trinajstić information content (AvgIpc) is 2.93. The van der Waals surface area contributed by atoms with Crippen molar-refractivity contribution < 1.29 is 9.13 Å². The predicted octanol–water partition coefficient (Wildman–Crippen LogP) is 8.99. The van der Waals surface area contributed by atoms with Crippen LogP contribution in [-0.2, 0) is 0 Å². The van der Waals surface area contributed by atoms with E-state index in [-0.39, 0.29) is 11.6 Å². The summed E-state index contributed by atoms with van der Waals surface area (Å²) in [5.74, 6) is 1.45. The number of allylic oxidation sites excluding steroid dienone is 3. The van der Waals surface area contributed by atoms with Gasteiger partial charge in [0.2, 0.25) is 0 Å². The molecule has 1 aromatic rings. The highest BCUT2D eigenvalue weighted by molar-refractivity contribution is 5.85. The number of benzene rings is 1. The van der Waals surface area contributed by atoms with Gasteiger partial charge in [-0.15, -0.1) is 12.8 Å². The first-order valence-corrected chi connectivity index (χ1v) is 13.3. The van der Waals surface area contributed by atoms with Gasteiger partial charge >= 0.3 is 0 Å². The largest absolute Gasteiger partial charge is 0.452 e. The molecule has 0 spiro atoms. The molecule has 206 valence electrons. The molecule has 1 aliphatic carbocycles. The molecule has 1 aliphatic heterocycles. The summed E-state index contributed by atoms with van der Waals surface area (Å²) >= 11 is 0. The zero-order chi connectivity index (χ0) is 28.8. The molecule has 2 aliphatic rings. The van der Waals surface area contributed by atoms with Gasteiger partial charge in [-0.1, -0.05) is 105 Å². The van der Waals surface area contributed by atoms with Crippen molar-refractivity contribution in [1.29, 1.82) is 0 Å². The molecule has 1 saturated carbocycles. The molecule has 0 bridgehead atoms. The fourth-order valence-electron chi connectivity index (χ4n) is 3.50. The number of para-hydroxylation sites is 1. The fourth-order valence-corrected chi connectivity index (χ4v) is 3.50. The van der Waals surface area contributed by atoms with E-state index in [2.05, 4.69) is 51.8 Å². The number of aliphatic imine (C=N–C) groups is 1. The lowest BCUT2D eigenvalue weighted by atomic mass is 9.88. The van der Waals surface area contributed by atoms with E-state index in [0.717, 1.165) is 17.2 Å². The van der Waals surface area contributed by atoms with Crippen molar-refractivity contribution in [2.45, 2.75) is 86.5 Å². The van der Waals surface area contributed by atoms with Crippen LogP contribution < -0.4 is 10.5 Å². The molecular formula is C32H50FN3O. The third-order valence-electron chi connectivity index (χ3n) is 5.62. The third kappa shape index (κ3) is 14.2. The molecule has 0 amide bonds. The van der Waals surface area contributed by atoms with Crippen LogP contribution in [0.3, 0.4) is 0 Å². The molecule has 0 atom stereocenters. The van der Waals surface area contributed by atoms with Gasteiger partial charge < -0.3 is 15.4 Å². The van der Waals surface area contributed by atoms with E-state index in [0.29, 0.717) is 11.5 Å². The molecule has 0 aromatic heterocycles. The van der Waals surface area contributed by atoms with E-state index in [1.54, 1.807) is 30.5 Å². The van der Waals surface area contributed by atoms with Crippen LogP contribution in [0.2, 0.25) is 0 Å². The van der Waals surface area contributed by atoms with Gasteiger partial charge in [-0.05, 0) is 31.1 Å². The lowest BCUT2D eigenvalue weighted by Crippen LogP contribution is -2.23. The van der Waals surface area contributed by atoms with Crippen LogP contribution in [0.15, 0.2) is 77.0 Å². The van der Waals surface area contributed by atoms with E-state index in [4.69, 9.17) is 10.5 Å². The Labute approximate surface area is 226 Å². The molecule has 1 fully saturated rings. The van der Waals surface area contributed by atoms with Crippen molar-refractivity contribution in [3.05, 3.63) is 77.9 Å². The zero-order valence-corrected chi connectivity index (χ0v) is 24.3. The van der Waals surface area contributed by atoms with Crippen LogP contribution in [0.1, 0.15) is 86.5 Å². The van der Waals surface area contributed by atoms with Gasteiger partial charge in [0.1, 0.15) is 5.82 Å². The van der Waals surface area contributed by atoms with Gasteiger partial charge in [0.25, 0.3) is 0 Å². The maximum absolute atomic E-state index is 13.7. The second kappa shape index (κ2) is 22.0. The molecular weight excluding hydrogens is 461 g/mol. The highest BCUT2D eigenvalue weighted by atomic mass is 19.1. The lowest BCUT2D eigenvalue weighted by molar-refractivity contribution is 0.349. The molecule has 0 saturated heterocycles. The summed E-state index contributed by atoms with van der Waals surface area (Å²) in [5, 5.41) is 0. The Morgan fingerprint density at radius 3 is 2.16 bits per heavy atom. The van der Waals surface area contributed by atoms with Crippen LogP contribution >= 0.6 is 0 Å². The molecule has 5 heteroatoms. The minimum Gasteiger partial charge on any atom is -0.452 e. The molecule has 2 N–H and O–H groups in total. The van der Waals surface area contributed by atoms with Crippen LogP contribution in [0.4, 0.5) is 4.39 Å². The smallest absolute Gasteiger partial charge is 0.165 e. The summed E-state index contributed by atoms with van der Waals surface area (Å²) < 4.78 is 19.4. The average molecular weight is 512 g/mol. The molecule has 0 unspecified atom stereocenters. The molecule has 3 rings (SSSR count). The van der Waals surface area contributed by atoms with Crippen molar-refractivity contribution in [2.24, 2.45) is 16.6 Å². The molecule has 1 heterocycles. The SMILES string of the molecule is C#C.C=C(N)/N=C\C1=C(C)N(C)C(=C)C(Oc2ccccc2F)=C1.CC.CCC.CCC1CCCCC1. The quantitative estimate of drug-likeness (QED) is 0.317. The topological polar surface area (TPSA) is 50.8 Å². The number of halogens is 1. The second-order valence-corrected chi connectivity index (χ2v) is 8.46. The van der Waals surface area contributed by atoms with Gasteiger partial charge in [0, 0.05) is 24.5 Å². The van der Waals surface area contributed by atoms with Crippen LogP contribution in [0.25, 0.3) is 0 Å². The number of likely N-dealkylation sites (N-methyl/N-ethyl adjacent to an activating group) is 1. The molecule has 37 heavy (non-hydrogen) atoms. The van der Waals surface area contributed by atoms with Crippen molar-refractivity contribution in [3.63, 3.8) is 0 Å². The van der Waals surface area contributed by atoms with Crippen molar-refractivity contribution in [1.82, 2.24) is 4.90 Å². The van der Waals surface area contributed by atoms with E-state index < -0.39 is 5.82 Å². The van der Waals surface area contributed by atoms with Gasteiger partial charge in [-0.3, -0.25) is 0 Å². The van der Waals surface area contributed by atoms with Crippen molar-refractivity contribution >= 4 is 6.21 Å². The maximum atomic E-state index is 13.7. The number of nitrogens with zero attached hydrogens (tertiary/aromatic N) is 2. The summed E-state index contributed by atoms with van der Waals surface area (Å²) in [6.45, 7) is 20.0. The Bertz CT molecular complexity index is 906. The van der Waals surface area contributed by atoms with Gasteiger partial charge in [-0.25, -0.2) is 9.38 Å². The third-order valence-corrected chi connectivity index (χ3v) is 5.62. The predicted molar refractivity (Wildman–Crippen MR) is 161 cm³/mol. The first-order valence-electron chi connectivity index (χ1n) is 13.3. The standard InChI is InChI=1S/C17H18FN3O.C8H16.C3H8.C2H6.C2H2/c1-11-14(10-20-13(3)19)9-17(12(2)21(11)4)22-16-8-6-5-7-15(16)18;1-2-8-6-4-3-5-7-8;1-3-2;2*1-2/h5-10H,2-3,19H2,1,4H3;8H,2-7H2,1H3;3H2,1-2H3;1-2H3;1-2H/b20-10-;;;;. The number of ether oxygens (including phenoxy) is 1. The Hall–Kier alpha value is -3.26. The normalized spacial score (nSPS) is 14.9. The number of terminal acetylenes is 1. The van der Waals surface area contributed by atoms with Crippen molar-refractivity contribution in [3.8, 4) is 18.6 Å². The van der Waals surface area contributed by atoms with E-state index >= 15 is 0 Å². The van der Waals surface area contributed by atoms with Gasteiger partial charge in [0.05, 0.1) is 5.70 Å². The summed E-state index contributed by atoms with van der Waals surface area (Å²) in [6, 6.07) is 6.21. The summed E-state index contributed by atoms with van der Waals surface area (Å²) in [6.07, 6.45) is 21.5. The minimum absolute atomic E-state index is 0.141. The Balaban J connectivity index is 0. The highest BCUT2D eigenvalue weighted by Crippen LogP contribution is 2.29. The molecule has 1 aromatic carbocycles. The van der Waals surface area contributed by atoms with E-state index in [9.17, 15) is 4.39 Å². The number of hydrogen-bond acceptors (Lipinski definition) is 4. The first kappa shape index (κ1) is 35.9. The van der Waals surface area contributed by atoms with E-state index in [1.165, 1.54) is 51.0 Å². The summed E-state index contributed by atoms with van der Waals surface area (Å²) in [4.78, 5) is 5.83. The van der Waals surface area contributed by atoms with Crippen LogP contribution in [-0.4, -0.2) is 18.2 Å². The molecule has 4 nitrogen and oxygen atoms in total. The monoisotopic (exact) mass is 511 g/mol. The second-order valence-electron chi connectivity index (χ2n) is 8.46. The highest BCUT2D eigenvalue weighted by Gasteiger charge is 2.20. The minimum atomic E-state index is -0.435. The maximum Gasteiger partial charge on any atom is 0.165 e. The number of nitrogens with two attached hydrogens (primary N) is 1. The Morgan fingerprint density at radius 1 is 1.16 bits per heavy atom. The Kier molecular flexibility index (Phi) is 21.3. The number of hydrogen-bond donors (Lipinski definition) is 1. The summed E-state index contributed by atoms with van der Waals surface area (Å²) in [5.41, 5.74) is 7.79. The zero-order valence-electron chi connectivity index (χ0n) is 24.3. The van der Waals surface area contributed by atoms with Crippen molar-refractivity contribution in [2.75, 3.05) is 7.05 Å². The van der Waals surface area contributed by atoms with Crippen LogP contribution in [0, 0.1) is 24.6 Å². The van der Waals surface area contributed by atoms with Crippen LogP contribution in [0.5, 0.6) is 5.75 Å². The van der Waals surface area contributed by atoms with Gasteiger partial charge in [0.15, 0.2) is 17.3 Å². The first-order chi connectivity index (χ1) is 17.7. The summed E-state index contributed by atoms with van der Waals surface area (Å²) in [7, 11) is 1.85. The lowest BCUT2D eigenvalue weighted by Gasteiger charge is -2.29. The van der Waals surface area contributed by atoms with E-state index in [1.807, 2.05) is 32.7 Å². The van der Waals surface area contributed by atoms with Gasteiger partial charge in [-0.2, -0.15) is 0 Å². The Morgan fingerprint density at radius 2 is 1.70 bits per heavy atom.